The summed E-state index contributed by atoms with van der Waals surface area (Å²) in [4.78, 5) is 24.6. The Morgan fingerprint density at radius 2 is 2.12 bits per heavy atom. The Bertz CT molecular complexity index is 584. The lowest BCUT2D eigenvalue weighted by Crippen LogP contribution is -2.42. The molecule has 2 heterocycles. The lowest BCUT2D eigenvalue weighted by atomic mass is 10.2. The molecule has 1 aliphatic rings. The number of nitrogens with one attached hydrogen (secondary N) is 2. The molecule has 8 nitrogen and oxygen atoms in total. The van der Waals surface area contributed by atoms with Gasteiger partial charge in [-0.25, -0.2) is 9.98 Å². The molecule has 0 radical (unpaired) electrons. The van der Waals surface area contributed by atoms with Crippen LogP contribution in [0, 0.1) is 0 Å². The van der Waals surface area contributed by atoms with Crippen molar-refractivity contribution < 1.29 is 9.53 Å². The van der Waals surface area contributed by atoms with Crippen LogP contribution in [0.2, 0.25) is 0 Å². The van der Waals surface area contributed by atoms with Gasteiger partial charge in [-0.1, -0.05) is 6.07 Å². The fourth-order valence-electron chi connectivity index (χ4n) is 2.44. The highest BCUT2D eigenvalue weighted by Gasteiger charge is 2.15. The molecular weight excluding hydrogens is 320 g/mol. The predicted octanol–water partition coefficient (Wildman–Crippen LogP) is 0.0615. The van der Waals surface area contributed by atoms with Crippen LogP contribution in [0.25, 0.3) is 0 Å². The second kappa shape index (κ2) is 9.83. The van der Waals surface area contributed by atoms with Crippen molar-refractivity contribution in [2.24, 2.45) is 4.99 Å². The zero-order chi connectivity index (χ0) is 18.1. The minimum Gasteiger partial charge on any atom is -0.378 e. The monoisotopic (exact) mass is 348 g/mol. The Morgan fingerprint density at radius 3 is 2.80 bits per heavy atom. The molecule has 1 aliphatic heterocycles. The summed E-state index contributed by atoms with van der Waals surface area (Å²) in [6.45, 7) is 6.53. The number of amides is 1. The summed E-state index contributed by atoms with van der Waals surface area (Å²) in [5, 5.41) is 6.22. The largest absolute Gasteiger partial charge is 0.378 e. The maximum atomic E-state index is 11.7. The highest BCUT2D eigenvalue weighted by molar-refractivity contribution is 5.86. The van der Waals surface area contributed by atoms with Gasteiger partial charge < -0.3 is 25.2 Å². The highest BCUT2D eigenvalue weighted by Crippen LogP contribution is 2.19. The lowest BCUT2D eigenvalue weighted by Gasteiger charge is -2.29. The number of hydrogen-bond acceptors (Lipinski definition) is 5. The van der Waals surface area contributed by atoms with Gasteiger partial charge >= 0.3 is 0 Å². The van der Waals surface area contributed by atoms with Gasteiger partial charge in [0.1, 0.15) is 5.82 Å². The Hall–Kier alpha value is -2.35. The van der Waals surface area contributed by atoms with E-state index in [2.05, 4.69) is 25.5 Å². The average Bonchev–Trinajstić information content (AvgIpc) is 2.64. The molecule has 0 aliphatic carbocycles. The first-order valence-electron chi connectivity index (χ1n) is 8.60. The number of nitrogens with zero attached hydrogens (tertiary/aromatic N) is 4. The molecule has 1 saturated heterocycles. The van der Waals surface area contributed by atoms with E-state index in [4.69, 9.17) is 4.74 Å². The first kappa shape index (κ1) is 19.0. The lowest BCUT2D eigenvalue weighted by molar-refractivity contribution is -0.127. The molecule has 8 heteroatoms. The maximum Gasteiger partial charge on any atom is 0.241 e. The Labute approximate surface area is 149 Å². The van der Waals surface area contributed by atoms with E-state index < -0.39 is 0 Å². The number of guanidine groups is 1. The number of anilines is 1. The van der Waals surface area contributed by atoms with Crippen LogP contribution in [0.4, 0.5) is 5.82 Å². The summed E-state index contributed by atoms with van der Waals surface area (Å²) in [5.41, 5.74) is 1.06. The van der Waals surface area contributed by atoms with Gasteiger partial charge in [0.05, 0.1) is 26.3 Å². The molecule has 0 aromatic carbocycles. The number of likely N-dealkylation sites (N-methyl/N-ethyl adjacent to an activating group) is 1. The van der Waals surface area contributed by atoms with Gasteiger partial charge in [0.2, 0.25) is 5.91 Å². The van der Waals surface area contributed by atoms with E-state index in [1.807, 2.05) is 19.1 Å². The van der Waals surface area contributed by atoms with Gasteiger partial charge in [0, 0.05) is 45.5 Å². The molecule has 2 rings (SSSR count). The van der Waals surface area contributed by atoms with E-state index in [1.54, 1.807) is 25.2 Å². The second-order valence-electron chi connectivity index (χ2n) is 5.92. The van der Waals surface area contributed by atoms with Crippen LogP contribution < -0.4 is 15.5 Å². The Balaban J connectivity index is 2.05. The highest BCUT2D eigenvalue weighted by atomic mass is 16.5. The van der Waals surface area contributed by atoms with Gasteiger partial charge in [-0.3, -0.25) is 4.79 Å². The molecular formula is C17H28N6O2. The van der Waals surface area contributed by atoms with Crippen LogP contribution in [0.1, 0.15) is 12.5 Å². The molecule has 1 aromatic heterocycles. The van der Waals surface area contributed by atoms with Crippen LogP contribution >= 0.6 is 0 Å². The average molecular weight is 348 g/mol. The fraction of sp³-hybridized carbons (Fsp3) is 0.588. The fourth-order valence-corrected chi connectivity index (χ4v) is 2.44. The third-order valence-electron chi connectivity index (χ3n) is 3.84. The van der Waals surface area contributed by atoms with Gasteiger partial charge in [-0.2, -0.15) is 0 Å². The number of aliphatic imine (C=N–C) groups is 1. The summed E-state index contributed by atoms with van der Waals surface area (Å²) in [5.74, 6) is 1.57. The standard InChI is InChI=1S/C17H28N6O2/c1-4-18-17(21-13-15(24)22(2)3)20-12-14-6-5-7-19-16(14)23-8-10-25-11-9-23/h5-7H,4,8-13H2,1-3H3,(H2,18,20,21). The number of aromatic nitrogens is 1. The van der Waals surface area contributed by atoms with E-state index in [9.17, 15) is 4.79 Å². The molecule has 1 amide bonds. The molecule has 25 heavy (non-hydrogen) atoms. The third-order valence-corrected chi connectivity index (χ3v) is 3.84. The molecule has 2 N–H and O–H groups in total. The number of carbonyl (C=O) groups is 1. The molecule has 1 aromatic rings. The van der Waals surface area contributed by atoms with Gasteiger partial charge in [-0.05, 0) is 13.0 Å². The predicted molar refractivity (Wildman–Crippen MR) is 98.8 cm³/mol. The van der Waals surface area contributed by atoms with Crippen molar-refractivity contribution in [3.63, 3.8) is 0 Å². The number of morpholine rings is 1. The zero-order valence-electron chi connectivity index (χ0n) is 15.3. The van der Waals surface area contributed by atoms with Crippen molar-refractivity contribution in [1.29, 1.82) is 0 Å². The molecule has 0 saturated carbocycles. The van der Waals surface area contributed by atoms with Crippen molar-refractivity contribution in [2.75, 3.05) is 58.4 Å². The normalized spacial score (nSPS) is 15.0. The summed E-state index contributed by atoms with van der Waals surface area (Å²) in [6, 6.07) is 3.96. The molecule has 1 fully saturated rings. The van der Waals surface area contributed by atoms with Crippen molar-refractivity contribution in [3.05, 3.63) is 23.9 Å². The van der Waals surface area contributed by atoms with Crippen molar-refractivity contribution in [3.8, 4) is 0 Å². The maximum absolute atomic E-state index is 11.7. The van der Waals surface area contributed by atoms with Crippen molar-refractivity contribution in [2.45, 2.75) is 13.5 Å². The molecule has 138 valence electrons. The molecule has 0 unspecified atom stereocenters. The number of hydrogen-bond donors (Lipinski definition) is 2. The molecule has 0 atom stereocenters. The van der Waals surface area contributed by atoms with Crippen LogP contribution in [0.15, 0.2) is 23.3 Å². The molecule has 0 bridgehead atoms. The minimum absolute atomic E-state index is 0.000914. The summed E-state index contributed by atoms with van der Waals surface area (Å²) < 4.78 is 5.41. The Kier molecular flexibility index (Phi) is 7.46. The van der Waals surface area contributed by atoms with Crippen molar-refractivity contribution in [1.82, 2.24) is 20.5 Å². The second-order valence-corrected chi connectivity index (χ2v) is 5.92. The van der Waals surface area contributed by atoms with E-state index in [1.165, 1.54) is 0 Å². The van der Waals surface area contributed by atoms with Gasteiger partial charge in [0.15, 0.2) is 5.96 Å². The first-order chi connectivity index (χ1) is 12.1. The van der Waals surface area contributed by atoms with Gasteiger partial charge in [0.25, 0.3) is 0 Å². The number of rotatable bonds is 6. The topological polar surface area (TPSA) is 82.1 Å². The number of carbonyl (C=O) groups excluding carboxylic acids is 1. The number of ether oxygens (including phenoxy) is 1. The van der Waals surface area contributed by atoms with Crippen LogP contribution in [0.5, 0.6) is 0 Å². The van der Waals surface area contributed by atoms with Crippen LogP contribution in [-0.2, 0) is 16.1 Å². The summed E-state index contributed by atoms with van der Waals surface area (Å²) in [6.07, 6.45) is 1.80. The summed E-state index contributed by atoms with van der Waals surface area (Å²) in [7, 11) is 3.47. The molecule has 0 spiro atoms. The first-order valence-corrected chi connectivity index (χ1v) is 8.60. The zero-order valence-corrected chi connectivity index (χ0v) is 15.3. The smallest absolute Gasteiger partial charge is 0.241 e. The van der Waals surface area contributed by atoms with E-state index in [0.717, 1.165) is 44.2 Å². The van der Waals surface area contributed by atoms with Crippen molar-refractivity contribution >= 4 is 17.7 Å². The SMILES string of the molecule is CCNC(=NCc1cccnc1N1CCOCC1)NCC(=O)N(C)C. The third kappa shape index (κ3) is 5.90. The number of pyridine rings is 1. The minimum atomic E-state index is 0.000914. The summed E-state index contributed by atoms with van der Waals surface area (Å²) >= 11 is 0. The van der Waals surface area contributed by atoms with E-state index in [0.29, 0.717) is 12.5 Å². The van der Waals surface area contributed by atoms with Crippen LogP contribution in [0.3, 0.4) is 0 Å². The van der Waals surface area contributed by atoms with Gasteiger partial charge in [-0.15, -0.1) is 0 Å². The van der Waals surface area contributed by atoms with E-state index >= 15 is 0 Å². The Morgan fingerprint density at radius 1 is 1.36 bits per heavy atom. The van der Waals surface area contributed by atoms with Crippen LogP contribution in [-0.4, -0.2) is 75.2 Å². The quantitative estimate of drug-likeness (QED) is 0.559. The van der Waals surface area contributed by atoms with E-state index in [-0.39, 0.29) is 12.5 Å².